The third kappa shape index (κ3) is 4.88. The van der Waals surface area contributed by atoms with Gasteiger partial charge in [0, 0.05) is 28.2 Å². The molecule has 1 aromatic carbocycles. The normalized spacial score (nSPS) is 14.2. The molecule has 9 heteroatoms. The molecule has 0 atom stereocenters. The summed E-state index contributed by atoms with van der Waals surface area (Å²) in [5.41, 5.74) is 7.96. The van der Waals surface area contributed by atoms with Gasteiger partial charge in [-0.15, -0.1) is 11.3 Å². The van der Waals surface area contributed by atoms with Gasteiger partial charge in [0.25, 0.3) is 5.91 Å². The van der Waals surface area contributed by atoms with E-state index in [9.17, 15) is 4.79 Å². The van der Waals surface area contributed by atoms with Crippen LogP contribution >= 0.6 is 11.3 Å². The number of carbonyl (C=O) groups excluding carboxylic acids is 1. The molecule has 0 saturated heterocycles. The van der Waals surface area contributed by atoms with Crippen LogP contribution in [-0.4, -0.2) is 32.6 Å². The minimum atomic E-state index is -0.241. The number of anilines is 3. The molecule has 2 heterocycles. The molecule has 160 valence electrons. The average molecular weight is 436 g/mol. The second-order valence-corrected chi connectivity index (χ2v) is 8.88. The Labute approximate surface area is 184 Å². The van der Waals surface area contributed by atoms with Crippen LogP contribution in [0.3, 0.4) is 0 Å². The SMILES string of the molecule is Cc1cnc(NC(=O)c2ccc(C(=N)c3c(N)ncnc3NC3CCCCC3)cc2)s1. The van der Waals surface area contributed by atoms with Crippen LogP contribution in [0.4, 0.5) is 16.8 Å². The number of nitrogens with one attached hydrogen (secondary N) is 3. The van der Waals surface area contributed by atoms with Crippen molar-refractivity contribution in [3.05, 3.63) is 58.4 Å². The number of hydrogen-bond donors (Lipinski definition) is 4. The molecule has 0 bridgehead atoms. The Morgan fingerprint density at radius 2 is 1.81 bits per heavy atom. The maximum atomic E-state index is 12.5. The number of nitrogens with two attached hydrogens (primary N) is 1. The van der Waals surface area contributed by atoms with E-state index in [1.54, 1.807) is 30.5 Å². The van der Waals surface area contributed by atoms with Crippen molar-refractivity contribution in [2.45, 2.75) is 45.1 Å². The number of benzene rings is 1. The number of aryl methyl sites for hydroxylation is 1. The zero-order valence-corrected chi connectivity index (χ0v) is 18.1. The van der Waals surface area contributed by atoms with Gasteiger partial charge in [-0.3, -0.25) is 15.5 Å². The number of rotatable bonds is 6. The molecule has 1 aliphatic rings. The van der Waals surface area contributed by atoms with Crippen molar-refractivity contribution in [2.75, 3.05) is 16.4 Å². The fraction of sp³-hybridized carbons (Fsp3) is 0.318. The first kappa shape index (κ1) is 20.9. The first-order chi connectivity index (χ1) is 15.0. The molecule has 0 aliphatic heterocycles. The predicted octanol–water partition coefficient (Wildman–Crippen LogP) is 4.24. The number of thiazole rings is 1. The summed E-state index contributed by atoms with van der Waals surface area (Å²) >= 11 is 1.42. The van der Waals surface area contributed by atoms with Crippen LogP contribution in [0.15, 0.2) is 36.8 Å². The molecule has 8 nitrogen and oxygen atoms in total. The number of amides is 1. The van der Waals surface area contributed by atoms with Crippen LogP contribution < -0.4 is 16.4 Å². The zero-order chi connectivity index (χ0) is 21.8. The maximum absolute atomic E-state index is 12.5. The molecule has 2 aromatic heterocycles. The van der Waals surface area contributed by atoms with E-state index in [0.717, 1.165) is 17.7 Å². The van der Waals surface area contributed by atoms with Crippen molar-refractivity contribution in [1.29, 1.82) is 5.41 Å². The van der Waals surface area contributed by atoms with Gasteiger partial charge in [-0.25, -0.2) is 15.0 Å². The van der Waals surface area contributed by atoms with Gasteiger partial charge in [-0.2, -0.15) is 0 Å². The molecular weight excluding hydrogens is 410 g/mol. The lowest BCUT2D eigenvalue weighted by atomic mass is 9.95. The third-order valence-corrected chi connectivity index (χ3v) is 6.18. The van der Waals surface area contributed by atoms with Crippen LogP contribution in [0.25, 0.3) is 0 Å². The van der Waals surface area contributed by atoms with E-state index in [-0.39, 0.29) is 17.4 Å². The van der Waals surface area contributed by atoms with E-state index in [1.165, 1.54) is 36.9 Å². The Hall–Kier alpha value is -3.33. The van der Waals surface area contributed by atoms with Gasteiger partial charge in [0.1, 0.15) is 18.0 Å². The lowest BCUT2D eigenvalue weighted by Crippen LogP contribution is -2.25. The Balaban J connectivity index is 1.52. The van der Waals surface area contributed by atoms with Crippen LogP contribution in [0, 0.1) is 12.3 Å². The predicted molar refractivity (Wildman–Crippen MR) is 124 cm³/mol. The maximum Gasteiger partial charge on any atom is 0.257 e. The van der Waals surface area contributed by atoms with Crippen molar-refractivity contribution >= 4 is 39.7 Å². The van der Waals surface area contributed by atoms with Gasteiger partial charge >= 0.3 is 0 Å². The van der Waals surface area contributed by atoms with Crippen molar-refractivity contribution in [1.82, 2.24) is 15.0 Å². The van der Waals surface area contributed by atoms with E-state index in [4.69, 9.17) is 11.1 Å². The third-order valence-electron chi connectivity index (χ3n) is 5.35. The van der Waals surface area contributed by atoms with E-state index in [1.807, 2.05) is 6.92 Å². The van der Waals surface area contributed by atoms with Crippen molar-refractivity contribution < 1.29 is 4.79 Å². The number of nitrogen functional groups attached to an aromatic ring is 1. The van der Waals surface area contributed by atoms with Gasteiger partial charge < -0.3 is 11.1 Å². The number of carbonyl (C=O) groups is 1. The largest absolute Gasteiger partial charge is 0.383 e. The summed E-state index contributed by atoms with van der Waals surface area (Å²) in [6, 6.07) is 7.18. The minimum absolute atomic E-state index is 0.221. The van der Waals surface area contributed by atoms with Gasteiger partial charge in [-0.1, -0.05) is 31.4 Å². The van der Waals surface area contributed by atoms with Crippen molar-refractivity contribution in [3.8, 4) is 0 Å². The molecule has 1 aliphatic carbocycles. The highest BCUT2D eigenvalue weighted by molar-refractivity contribution is 7.15. The summed E-state index contributed by atoms with van der Waals surface area (Å²) in [5.74, 6) is 0.610. The summed E-state index contributed by atoms with van der Waals surface area (Å²) in [6.45, 7) is 1.93. The summed E-state index contributed by atoms with van der Waals surface area (Å²) < 4.78 is 0. The van der Waals surface area contributed by atoms with Gasteiger partial charge in [-0.05, 0) is 31.9 Å². The number of nitrogens with zero attached hydrogens (tertiary/aromatic N) is 3. The minimum Gasteiger partial charge on any atom is -0.383 e. The first-order valence-electron chi connectivity index (χ1n) is 10.3. The fourth-order valence-electron chi connectivity index (χ4n) is 3.71. The highest BCUT2D eigenvalue weighted by Crippen LogP contribution is 2.26. The molecule has 0 radical (unpaired) electrons. The Morgan fingerprint density at radius 3 is 2.48 bits per heavy atom. The van der Waals surface area contributed by atoms with Gasteiger partial charge in [0.05, 0.1) is 11.3 Å². The molecule has 1 fully saturated rings. The quantitative estimate of drug-likeness (QED) is 0.429. The highest BCUT2D eigenvalue weighted by atomic mass is 32.1. The summed E-state index contributed by atoms with van der Waals surface area (Å²) in [5, 5.41) is 15.5. The lowest BCUT2D eigenvalue weighted by molar-refractivity contribution is 0.102. The smallest absolute Gasteiger partial charge is 0.257 e. The summed E-state index contributed by atoms with van der Waals surface area (Å²) in [6.07, 6.45) is 8.94. The lowest BCUT2D eigenvalue weighted by Gasteiger charge is -2.24. The molecule has 0 unspecified atom stereocenters. The van der Waals surface area contributed by atoms with Crippen molar-refractivity contribution in [2.24, 2.45) is 0 Å². The second kappa shape index (κ2) is 9.22. The molecular formula is C22H25N7OS. The fourth-order valence-corrected chi connectivity index (χ4v) is 4.37. The number of hydrogen-bond acceptors (Lipinski definition) is 8. The van der Waals surface area contributed by atoms with E-state index >= 15 is 0 Å². The van der Waals surface area contributed by atoms with Crippen LogP contribution in [0.2, 0.25) is 0 Å². The first-order valence-corrected chi connectivity index (χ1v) is 11.1. The standard InChI is InChI=1S/C22H25N7OS/c1-13-11-25-22(31-13)29-21(30)15-9-7-14(8-10-15)18(23)17-19(24)26-12-27-20(17)28-16-5-3-2-4-6-16/h7-12,16,23H,2-6H2,1H3,(H,25,29,30)(H3,24,26,27,28). The van der Waals surface area contributed by atoms with E-state index in [0.29, 0.717) is 33.7 Å². The van der Waals surface area contributed by atoms with Crippen molar-refractivity contribution in [3.63, 3.8) is 0 Å². The molecule has 5 N–H and O–H groups in total. The molecule has 3 aromatic rings. The van der Waals surface area contributed by atoms with Gasteiger partial charge in [0.2, 0.25) is 0 Å². The number of aromatic nitrogens is 3. The highest BCUT2D eigenvalue weighted by Gasteiger charge is 2.20. The zero-order valence-electron chi connectivity index (χ0n) is 17.3. The Morgan fingerprint density at radius 1 is 1.10 bits per heavy atom. The summed E-state index contributed by atoms with van der Waals surface area (Å²) in [7, 11) is 0. The van der Waals surface area contributed by atoms with E-state index < -0.39 is 0 Å². The molecule has 4 rings (SSSR count). The van der Waals surface area contributed by atoms with Crippen LogP contribution in [0.5, 0.6) is 0 Å². The molecule has 31 heavy (non-hydrogen) atoms. The Bertz CT molecular complexity index is 1090. The topological polar surface area (TPSA) is 130 Å². The van der Waals surface area contributed by atoms with Crippen LogP contribution in [0.1, 0.15) is 58.5 Å². The monoisotopic (exact) mass is 435 g/mol. The Kier molecular flexibility index (Phi) is 6.22. The van der Waals surface area contributed by atoms with Crippen LogP contribution in [-0.2, 0) is 0 Å². The molecule has 0 spiro atoms. The average Bonchev–Trinajstić information content (AvgIpc) is 3.19. The molecule has 1 saturated carbocycles. The molecule has 1 amide bonds. The van der Waals surface area contributed by atoms with E-state index in [2.05, 4.69) is 25.6 Å². The summed E-state index contributed by atoms with van der Waals surface area (Å²) in [4.78, 5) is 26.1. The van der Waals surface area contributed by atoms with Gasteiger partial charge in [0.15, 0.2) is 5.13 Å². The second-order valence-electron chi connectivity index (χ2n) is 7.64.